The van der Waals surface area contributed by atoms with Crippen LogP contribution in [0.3, 0.4) is 0 Å². The molecule has 5 nitrogen and oxygen atoms in total. The first-order valence-corrected chi connectivity index (χ1v) is 11.9. The van der Waals surface area contributed by atoms with Crippen LogP contribution in [0.5, 0.6) is 0 Å². The normalized spacial score (nSPS) is 13.9. The van der Waals surface area contributed by atoms with Crippen molar-refractivity contribution in [2.75, 3.05) is 4.90 Å². The van der Waals surface area contributed by atoms with E-state index in [9.17, 15) is 10.5 Å². The van der Waals surface area contributed by atoms with Crippen LogP contribution in [-0.2, 0) is 5.41 Å². The van der Waals surface area contributed by atoms with Gasteiger partial charge in [-0.25, -0.2) is 14.4 Å². The van der Waals surface area contributed by atoms with Crippen LogP contribution < -0.4 is 4.90 Å². The van der Waals surface area contributed by atoms with Crippen molar-refractivity contribution in [1.82, 2.24) is 9.97 Å². The largest absolute Gasteiger partial charge is 0.309 e. The number of benzene rings is 4. The number of anilines is 3. The van der Waals surface area contributed by atoms with Crippen LogP contribution >= 0.6 is 0 Å². The predicted octanol–water partition coefficient (Wildman–Crippen LogP) is 7.27. The van der Waals surface area contributed by atoms with Gasteiger partial charge in [-0.15, -0.1) is 0 Å². The molecule has 0 N–H and O–H groups in total. The Hall–Kier alpha value is -5.07. The highest BCUT2D eigenvalue weighted by Gasteiger charge is 2.38. The van der Waals surface area contributed by atoms with E-state index in [2.05, 4.69) is 53.0 Å². The minimum absolute atomic E-state index is 0.0344. The number of fused-ring (bicyclic) bond motifs is 5. The van der Waals surface area contributed by atoms with Crippen molar-refractivity contribution in [2.45, 2.75) is 19.3 Å². The van der Waals surface area contributed by atoms with Gasteiger partial charge in [-0.05, 0) is 47.5 Å². The first-order chi connectivity index (χ1) is 17.9. The highest BCUT2D eigenvalue weighted by atomic mass is 19.1. The van der Waals surface area contributed by atoms with Gasteiger partial charge in [0.2, 0.25) is 0 Å². The van der Waals surface area contributed by atoms with Crippen LogP contribution in [0.15, 0.2) is 72.8 Å². The minimum Gasteiger partial charge on any atom is -0.309 e. The second kappa shape index (κ2) is 7.22. The number of hydrogen-bond donors (Lipinski definition) is 0. The molecule has 0 radical (unpaired) electrons. The fourth-order valence-corrected chi connectivity index (χ4v) is 5.91. The lowest BCUT2D eigenvalue weighted by atomic mass is 9.73. The molecule has 0 saturated carbocycles. The predicted molar refractivity (Wildman–Crippen MR) is 140 cm³/mol. The van der Waals surface area contributed by atoms with Gasteiger partial charge in [0.1, 0.15) is 18.0 Å². The molecule has 174 valence electrons. The molecular weight excluding hydrogens is 461 g/mol. The number of aromatic nitrogens is 2. The zero-order valence-corrected chi connectivity index (χ0v) is 20.0. The zero-order chi connectivity index (χ0) is 25.5. The molecule has 4 aromatic carbocycles. The number of nitriles is 2. The van der Waals surface area contributed by atoms with E-state index in [4.69, 9.17) is 0 Å². The van der Waals surface area contributed by atoms with Crippen molar-refractivity contribution >= 4 is 27.8 Å². The Morgan fingerprint density at radius 2 is 1.30 bits per heavy atom. The van der Waals surface area contributed by atoms with Crippen molar-refractivity contribution in [3.63, 3.8) is 0 Å². The molecule has 0 atom stereocenters. The number of nitrogens with zero attached hydrogens (tertiary/aromatic N) is 5. The Kier molecular flexibility index (Phi) is 4.15. The van der Waals surface area contributed by atoms with Gasteiger partial charge in [0.25, 0.3) is 0 Å². The van der Waals surface area contributed by atoms with Crippen molar-refractivity contribution in [1.29, 1.82) is 10.5 Å². The summed E-state index contributed by atoms with van der Waals surface area (Å²) in [5.74, 6) is -0.405. The third kappa shape index (κ3) is 2.70. The fourth-order valence-electron chi connectivity index (χ4n) is 5.91. The van der Waals surface area contributed by atoms with Gasteiger partial charge in [-0.3, -0.25) is 0 Å². The van der Waals surface area contributed by atoms with E-state index in [1.807, 2.05) is 48.5 Å². The molecule has 37 heavy (non-hydrogen) atoms. The second-order valence-electron chi connectivity index (χ2n) is 9.84. The van der Waals surface area contributed by atoms with E-state index < -0.39 is 5.82 Å². The second-order valence-corrected chi connectivity index (χ2v) is 9.84. The summed E-state index contributed by atoms with van der Waals surface area (Å²) in [6.45, 7) is 4.45. The summed E-state index contributed by atoms with van der Waals surface area (Å²) in [7, 11) is 0. The van der Waals surface area contributed by atoms with Gasteiger partial charge in [-0.1, -0.05) is 50.2 Å². The summed E-state index contributed by atoms with van der Waals surface area (Å²) < 4.78 is 15.2. The molecular formula is C31H18FN5. The fraction of sp³-hybridized carbons (Fsp3) is 0.0968. The zero-order valence-electron chi connectivity index (χ0n) is 20.0. The molecule has 2 heterocycles. The van der Waals surface area contributed by atoms with Gasteiger partial charge in [-0.2, -0.15) is 10.5 Å². The van der Waals surface area contributed by atoms with Gasteiger partial charge < -0.3 is 4.90 Å². The van der Waals surface area contributed by atoms with Crippen molar-refractivity contribution in [3.8, 4) is 34.7 Å². The van der Waals surface area contributed by atoms with Crippen LogP contribution in [0.4, 0.5) is 21.5 Å². The lowest BCUT2D eigenvalue weighted by Gasteiger charge is -2.42. The van der Waals surface area contributed by atoms with Gasteiger partial charge in [0.15, 0.2) is 11.4 Å². The summed E-state index contributed by atoms with van der Waals surface area (Å²) in [6, 6.07) is 27.5. The van der Waals surface area contributed by atoms with Crippen LogP contribution in [0.2, 0.25) is 0 Å². The molecule has 1 aliphatic carbocycles. The van der Waals surface area contributed by atoms with Crippen molar-refractivity contribution in [2.24, 2.45) is 0 Å². The molecule has 0 saturated heterocycles. The Labute approximate surface area is 212 Å². The molecule has 1 aliphatic heterocycles. The smallest absolute Gasteiger partial charge is 0.177 e. The Morgan fingerprint density at radius 1 is 0.730 bits per heavy atom. The first-order valence-electron chi connectivity index (χ1n) is 11.9. The Morgan fingerprint density at radius 3 is 1.89 bits per heavy atom. The van der Waals surface area contributed by atoms with Gasteiger partial charge in [0, 0.05) is 27.3 Å². The topological polar surface area (TPSA) is 76.6 Å². The standard InChI is InChI=1S/C31H18FN5/c1-31(2)21-7-3-5-9-26(21)37(27-10-6-4-8-22(27)31)25-12-11-18-28-19(25)13-17(32)14-20(28)30-29(18)35-23(15-33)24(16-34)36-30/h3-14H,1-2H3. The third-order valence-corrected chi connectivity index (χ3v) is 7.55. The maximum Gasteiger partial charge on any atom is 0.177 e. The molecule has 5 aromatic rings. The summed E-state index contributed by atoms with van der Waals surface area (Å²) in [6.07, 6.45) is 0. The Bertz CT molecular complexity index is 1860. The van der Waals surface area contributed by atoms with Crippen LogP contribution in [0.25, 0.3) is 33.3 Å². The van der Waals surface area contributed by atoms with Gasteiger partial charge in [0.05, 0.1) is 28.5 Å². The SMILES string of the molecule is CC1(C)c2ccccc2N(c2ccc3c4c(cc(F)cc24)-c2nc(C#N)c(C#N)nc2-3)c2ccccc21. The molecule has 7 rings (SSSR count). The average molecular weight is 480 g/mol. The summed E-state index contributed by atoms with van der Waals surface area (Å²) >= 11 is 0. The van der Waals surface area contributed by atoms with E-state index in [1.54, 1.807) is 6.07 Å². The third-order valence-electron chi connectivity index (χ3n) is 7.55. The lowest BCUT2D eigenvalue weighted by molar-refractivity contribution is 0.629. The highest BCUT2D eigenvalue weighted by Crippen LogP contribution is 2.55. The number of halogens is 1. The minimum atomic E-state index is -0.405. The Balaban J connectivity index is 1.57. The maximum absolute atomic E-state index is 15.2. The maximum atomic E-state index is 15.2. The van der Waals surface area contributed by atoms with Gasteiger partial charge >= 0.3 is 0 Å². The van der Waals surface area contributed by atoms with E-state index >= 15 is 4.39 Å². The van der Waals surface area contributed by atoms with Crippen LogP contribution in [0.1, 0.15) is 36.4 Å². The first kappa shape index (κ1) is 21.2. The van der Waals surface area contributed by atoms with Crippen LogP contribution in [-0.4, -0.2) is 9.97 Å². The number of hydrogen-bond acceptors (Lipinski definition) is 5. The van der Waals surface area contributed by atoms with Crippen molar-refractivity contribution in [3.05, 3.63) is 101 Å². The molecule has 0 amide bonds. The van der Waals surface area contributed by atoms with E-state index in [1.165, 1.54) is 17.2 Å². The average Bonchev–Trinajstić information content (AvgIpc) is 3.22. The summed E-state index contributed by atoms with van der Waals surface area (Å²) in [5.41, 5.74) is 7.24. The monoisotopic (exact) mass is 479 g/mol. The molecule has 0 fully saturated rings. The van der Waals surface area contributed by atoms with E-state index in [0.29, 0.717) is 22.3 Å². The van der Waals surface area contributed by atoms with E-state index in [0.717, 1.165) is 28.0 Å². The summed E-state index contributed by atoms with van der Waals surface area (Å²) in [5, 5.41) is 20.5. The molecule has 1 aromatic heterocycles. The van der Waals surface area contributed by atoms with E-state index in [-0.39, 0.29) is 16.8 Å². The number of rotatable bonds is 1. The molecule has 2 aliphatic rings. The molecule has 0 spiro atoms. The molecule has 0 unspecified atom stereocenters. The van der Waals surface area contributed by atoms with Crippen LogP contribution in [0, 0.1) is 28.5 Å². The number of para-hydroxylation sites is 2. The molecule has 6 heteroatoms. The molecule has 0 bridgehead atoms. The lowest BCUT2D eigenvalue weighted by Crippen LogP contribution is -2.30. The quantitative estimate of drug-likeness (QED) is 0.248. The highest BCUT2D eigenvalue weighted by molar-refractivity contribution is 6.18. The van der Waals surface area contributed by atoms with Crippen molar-refractivity contribution < 1.29 is 4.39 Å². The summed E-state index contributed by atoms with van der Waals surface area (Å²) in [4.78, 5) is 11.1.